The summed E-state index contributed by atoms with van der Waals surface area (Å²) in [5, 5.41) is 13.5. The van der Waals surface area contributed by atoms with Gasteiger partial charge in [-0.15, -0.1) is 0 Å². The van der Waals surface area contributed by atoms with Crippen LogP contribution in [-0.4, -0.2) is 13.0 Å². The van der Waals surface area contributed by atoms with Gasteiger partial charge in [0.05, 0.1) is 7.11 Å². The molecule has 1 N–H and O–H groups in total. The van der Waals surface area contributed by atoms with Crippen LogP contribution < -0.4 is 10.1 Å². The lowest BCUT2D eigenvalue weighted by atomic mass is 10.0. The van der Waals surface area contributed by atoms with E-state index >= 15 is 0 Å². The van der Waals surface area contributed by atoms with Gasteiger partial charge in [-0.25, -0.2) is 0 Å². The minimum absolute atomic E-state index is 0.0468. The maximum absolute atomic E-state index is 12.6. The molecule has 0 fully saturated rings. The molecule has 0 unspecified atom stereocenters. The molecule has 0 atom stereocenters. The number of anilines is 1. The number of nitriles is 1. The fraction of sp³-hybridized carbons (Fsp3) is 0.120. The Labute approximate surface area is 205 Å². The van der Waals surface area contributed by atoms with Crippen LogP contribution in [0.2, 0.25) is 10.0 Å². The van der Waals surface area contributed by atoms with E-state index in [2.05, 4.69) is 21.2 Å². The number of nitrogens with zero attached hydrogens (tertiary/aromatic N) is 1. The summed E-state index contributed by atoms with van der Waals surface area (Å²) < 4.78 is 6.36. The maximum Gasteiger partial charge on any atom is 0.266 e. The van der Waals surface area contributed by atoms with Crippen molar-refractivity contribution < 1.29 is 9.53 Å². The van der Waals surface area contributed by atoms with E-state index < -0.39 is 5.91 Å². The van der Waals surface area contributed by atoms with E-state index in [0.717, 1.165) is 21.2 Å². The van der Waals surface area contributed by atoms with Crippen molar-refractivity contribution in [2.45, 2.75) is 13.3 Å². The molecule has 3 rings (SSSR count). The zero-order valence-electron chi connectivity index (χ0n) is 17.4. The third kappa shape index (κ3) is 5.72. The Balaban J connectivity index is 1.89. The van der Waals surface area contributed by atoms with E-state index in [1.165, 1.54) is 6.08 Å². The molecule has 0 aromatic heterocycles. The zero-order valence-corrected chi connectivity index (χ0v) is 20.5. The van der Waals surface area contributed by atoms with E-state index in [0.29, 0.717) is 33.5 Å². The number of methoxy groups -OCH3 is 1. The first kappa shape index (κ1) is 23.9. The van der Waals surface area contributed by atoms with E-state index in [9.17, 15) is 10.1 Å². The molecule has 162 valence electrons. The van der Waals surface area contributed by atoms with Crippen LogP contribution in [0.3, 0.4) is 0 Å². The second-order valence-electron chi connectivity index (χ2n) is 7.04. The Hall–Kier alpha value is -2.78. The van der Waals surface area contributed by atoms with Crippen LogP contribution in [0, 0.1) is 18.3 Å². The minimum atomic E-state index is -0.525. The number of aryl methyl sites for hydroxylation is 1. The number of hydrogen-bond donors (Lipinski definition) is 1. The summed E-state index contributed by atoms with van der Waals surface area (Å²) in [6, 6.07) is 18.4. The van der Waals surface area contributed by atoms with Gasteiger partial charge in [0, 0.05) is 32.2 Å². The van der Waals surface area contributed by atoms with Gasteiger partial charge in [0.25, 0.3) is 5.91 Å². The van der Waals surface area contributed by atoms with Gasteiger partial charge in [0.1, 0.15) is 17.4 Å². The largest absolute Gasteiger partial charge is 0.496 e. The monoisotopic (exact) mass is 528 g/mol. The first-order valence-electron chi connectivity index (χ1n) is 9.61. The van der Waals surface area contributed by atoms with Crippen LogP contribution in [0.1, 0.15) is 22.3 Å². The minimum Gasteiger partial charge on any atom is -0.496 e. The molecule has 0 radical (unpaired) electrons. The second-order valence-corrected chi connectivity index (χ2v) is 8.71. The van der Waals surface area contributed by atoms with Crippen molar-refractivity contribution in [2.75, 3.05) is 12.4 Å². The van der Waals surface area contributed by atoms with Gasteiger partial charge >= 0.3 is 0 Å². The van der Waals surface area contributed by atoms with Crippen LogP contribution >= 0.6 is 39.1 Å². The van der Waals surface area contributed by atoms with Crippen LogP contribution in [-0.2, 0) is 11.2 Å². The quantitative estimate of drug-likeness (QED) is 0.271. The topological polar surface area (TPSA) is 62.1 Å². The fourth-order valence-electron chi connectivity index (χ4n) is 3.08. The van der Waals surface area contributed by atoms with Crippen LogP contribution in [0.25, 0.3) is 6.08 Å². The number of hydrogen-bond acceptors (Lipinski definition) is 3. The van der Waals surface area contributed by atoms with E-state index in [1.54, 1.807) is 31.4 Å². The molecule has 7 heteroatoms. The first-order valence-corrected chi connectivity index (χ1v) is 11.2. The smallest absolute Gasteiger partial charge is 0.266 e. The molecule has 0 heterocycles. The molecule has 0 saturated heterocycles. The third-order valence-corrected chi connectivity index (χ3v) is 6.31. The highest BCUT2D eigenvalue weighted by atomic mass is 79.9. The van der Waals surface area contributed by atoms with Crippen molar-refractivity contribution in [1.29, 1.82) is 5.26 Å². The van der Waals surface area contributed by atoms with E-state index in [-0.39, 0.29) is 5.57 Å². The number of rotatable bonds is 6. The average molecular weight is 530 g/mol. The van der Waals surface area contributed by atoms with Gasteiger partial charge in [-0.05, 0) is 60.0 Å². The number of benzene rings is 3. The number of halogens is 3. The third-order valence-electron chi connectivity index (χ3n) is 4.83. The Bertz CT molecular complexity index is 1250. The molecule has 1 amide bonds. The highest BCUT2D eigenvalue weighted by Gasteiger charge is 2.15. The summed E-state index contributed by atoms with van der Waals surface area (Å²) in [6.45, 7) is 1.87. The fourth-order valence-corrected chi connectivity index (χ4v) is 4.07. The van der Waals surface area contributed by atoms with Crippen LogP contribution in [0.5, 0.6) is 5.75 Å². The van der Waals surface area contributed by atoms with Crippen molar-refractivity contribution in [3.05, 3.63) is 96.9 Å². The van der Waals surface area contributed by atoms with Gasteiger partial charge in [0.2, 0.25) is 0 Å². The first-order chi connectivity index (χ1) is 15.3. The summed E-state index contributed by atoms with van der Waals surface area (Å²) in [5.74, 6) is 0.0937. The maximum atomic E-state index is 12.6. The Morgan fingerprint density at radius 3 is 2.56 bits per heavy atom. The SMILES string of the molecule is COc1cc(/C=C(\C#N)C(=O)Nc2ccc(C)c(Cl)c2)cc(Br)c1Cc1ccccc1Cl. The zero-order chi connectivity index (χ0) is 23.3. The lowest BCUT2D eigenvalue weighted by molar-refractivity contribution is -0.112. The lowest BCUT2D eigenvalue weighted by Gasteiger charge is -2.13. The molecule has 0 aliphatic heterocycles. The highest BCUT2D eigenvalue weighted by Crippen LogP contribution is 2.33. The molecule has 0 aliphatic rings. The summed E-state index contributed by atoms with van der Waals surface area (Å²) in [4.78, 5) is 12.6. The van der Waals surface area contributed by atoms with Gasteiger partial charge in [-0.3, -0.25) is 4.79 Å². The second kappa shape index (κ2) is 10.7. The molecule has 3 aromatic rings. The Kier molecular flexibility index (Phi) is 7.98. The standard InChI is InChI=1S/C25H19BrCl2N2O2/c1-15-7-8-19(13-23(15)28)30-25(31)18(14-29)9-16-10-21(26)20(24(11-16)32-2)12-17-5-3-4-6-22(17)27/h3-11,13H,12H2,1-2H3,(H,30,31)/b18-9+. The number of ether oxygens (including phenoxy) is 1. The van der Waals surface area contributed by atoms with Crippen LogP contribution in [0.15, 0.2) is 64.6 Å². The molecular weight excluding hydrogens is 511 g/mol. The average Bonchev–Trinajstić information content (AvgIpc) is 2.77. The van der Waals surface area contributed by atoms with Crippen molar-refractivity contribution in [3.63, 3.8) is 0 Å². The summed E-state index contributed by atoms with van der Waals surface area (Å²) >= 11 is 16.0. The van der Waals surface area contributed by atoms with E-state index in [1.807, 2.05) is 43.3 Å². The summed E-state index contributed by atoms with van der Waals surface area (Å²) in [5.41, 5.74) is 3.88. The predicted molar refractivity (Wildman–Crippen MR) is 133 cm³/mol. The number of carbonyl (C=O) groups excluding carboxylic acids is 1. The van der Waals surface area contributed by atoms with Crippen molar-refractivity contribution in [2.24, 2.45) is 0 Å². The van der Waals surface area contributed by atoms with Gasteiger partial charge in [-0.2, -0.15) is 5.26 Å². The molecule has 0 bridgehead atoms. The van der Waals surface area contributed by atoms with Crippen LogP contribution in [0.4, 0.5) is 5.69 Å². The Morgan fingerprint density at radius 2 is 1.91 bits per heavy atom. The molecule has 4 nitrogen and oxygen atoms in total. The number of carbonyl (C=O) groups is 1. The van der Waals surface area contributed by atoms with Gasteiger partial charge in [0.15, 0.2) is 0 Å². The van der Waals surface area contributed by atoms with E-state index in [4.69, 9.17) is 27.9 Å². The number of nitrogens with one attached hydrogen (secondary N) is 1. The highest BCUT2D eigenvalue weighted by molar-refractivity contribution is 9.10. The molecular formula is C25H19BrCl2N2O2. The van der Waals surface area contributed by atoms with Crippen molar-refractivity contribution in [3.8, 4) is 11.8 Å². The molecule has 0 spiro atoms. The van der Waals surface area contributed by atoms with Crippen molar-refractivity contribution >= 4 is 56.8 Å². The molecule has 32 heavy (non-hydrogen) atoms. The Morgan fingerprint density at radius 1 is 1.16 bits per heavy atom. The number of amides is 1. The molecule has 0 aliphatic carbocycles. The molecule has 3 aromatic carbocycles. The summed E-state index contributed by atoms with van der Waals surface area (Å²) in [7, 11) is 1.57. The summed E-state index contributed by atoms with van der Waals surface area (Å²) in [6.07, 6.45) is 2.07. The van der Waals surface area contributed by atoms with Gasteiger partial charge in [-0.1, -0.05) is 63.4 Å². The lowest BCUT2D eigenvalue weighted by Crippen LogP contribution is -2.13. The van der Waals surface area contributed by atoms with Crippen molar-refractivity contribution in [1.82, 2.24) is 0 Å². The van der Waals surface area contributed by atoms with Gasteiger partial charge < -0.3 is 10.1 Å². The normalized spacial score (nSPS) is 11.1. The molecule has 0 saturated carbocycles. The predicted octanol–water partition coefficient (Wildman–Crippen LogP) is 7.21.